The van der Waals surface area contributed by atoms with Crippen LogP contribution in [-0.4, -0.2) is 0 Å². The highest BCUT2D eigenvalue weighted by molar-refractivity contribution is 6.00. The van der Waals surface area contributed by atoms with Gasteiger partial charge in [0.15, 0.2) is 0 Å². The molecule has 0 spiro atoms. The normalized spacial score (nSPS) is 14.4. The van der Waals surface area contributed by atoms with E-state index in [1.54, 1.807) is 0 Å². The Bertz CT molecular complexity index is 392. The zero-order valence-corrected chi connectivity index (χ0v) is 7.70. The minimum atomic E-state index is 1.33. The molecule has 0 heterocycles. The Hall–Kier alpha value is -1.56. The van der Waals surface area contributed by atoms with E-state index in [9.17, 15) is 0 Å². The predicted molar refractivity (Wildman–Crippen MR) is 58.3 cm³/mol. The Morgan fingerprint density at radius 1 is 1.08 bits per heavy atom. The average molecular weight is 168 g/mol. The summed E-state index contributed by atoms with van der Waals surface area (Å²) in [5, 5.41) is 0. The summed E-state index contributed by atoms with van der Waals surface area (Å²) in [6.07, 6.45) is 10.5. The predicted octanol–water partition coefficient (Wildman–Crippen LogP) is 3.67. The molecule has 0 radical (unpaired) electrons. The molecule has 0 aromatic heterocycles. The van der Waals surface area contributed by atoms with Crippen LogP contribution in [0.3, 0.4) is 0 Å². The maximum Gasteiger partial charge on any atom is -0.0111 e. The van der Waals surface area contributed by atoms with Crippen LogP contribution in [0, 0.1) is 0 Å². The number of hydrogen-bond acceptors (Lipinski definition) is 0. The van der Waals surface area contributed by atoms with Crippen molar-refractivity contribution in [1.29, 1.82) is 0 Å². The van der Waals surface area contributed by atoms with Crippen LogP contribution in [0.5, 0.6) is 0 Å². The standard InChI is InChI=1S/C13H12/c1-2-3-4-7-11-10-12-8-5-6-9-13(11)12/h2-10H,1H3/b3-2-,7-4-. The van der Waals surface area contributed by atoms with Crippen LogP contribution < -0.4 is 0 Å². The second-order valence-corrected chi connectivity index (χ2v) is 3.07. The summed E-state index contributed by atoms with van der Waals surface area (Å²) in [5.41, 5.74) is 4.04. The smallest absolute Gasteiger partial charge is 0.0111 e. The highest BCUT2D eigenvalue weighted by Gasteiger charge is 2.11. The second kappa shape index (κ2) is 3.44. The first-order valence-corrected chi connectivity index (χ1v) is 4.52. The van der Waals surface area contributed by atoms with E-state index in [2.05, 4.69) is 42.5 Å². The third-order valence-corrected chi connectivity index (χ3v) is 2.16. The van der Waals surface area contributed by atoms with Gasteiger partial charge in [-0.05, 0) is 29.7 Å². The minimum absolute atomic E-state index is 1.33. The van der Waals surface area contributed by atoms with Gasteiger partial charge in [0, 0.05) is 0 Å². The van der Waals surface area contributed by atoms with Crippen molar-refractivity contribution >= 4 is 11.6 Å². The van der Waals surface area contributed by atoms with Gasteiger partial charge < -0.3 is 0 Å². The molecule has 0 unspecified atom stereocenters. The maximum absolute atomic E-state index is 2.20. The van der Waals surface area contributed by atoms with Gasteiger partial charge in [-0.15, -0.1) is 0 Å². The first kappa shape index (κ1) is 8.06. The number of rotatable bonds is 2. The lowest BCUT2D eigenvalue weighted by Crippen LogP contribution is -1.94. The van der Waals surface area contributed by atoms with Gasteiger partial charge in [-0.1, -0.05) is 48.6 Å². The molecule has 64 valence electrons. The molecule has 2 rings (SSSR count). The summed E-state index contributed by atoms with van der Waals surface area (Å²) >= 11 is 0. The van der Waals surface area contributed by atoms with Crippen LogP contribution >= 0.6 is 0 Å². The van der Waals surface area contributed by atoms with E-state index < -0.39 is 0 Å². The summed E-state index contributed by atoms with van der Waals surface area (Å²) in [5.74, 6) is 0. The zero-order chi connectivity index (χ0) is 9.10. The molecule has 0 fully saturated rings. The lowest BCUT2D eigenvalue weighted by Gasteiger charge is -2.16. The highest BCUT2D eigenvalue weighted by Crippen LogP contribution is 2.32. The summed E-state index contributed by atoms with van der Waals surface area (Å²) in [7, 11) is 0. The van der Waals surface area contributed by atoms with Gasteiger partial charge in [-0.25, -0.2) is 0 Å². The molecule has 13 heavy (non-hydrogen) atoms. The van der Waals surface area contributed by atoms with Gasteiger partial charge in [0.1, 0.15) is 0 Å². The fraction of sp³-hybridized carbons (Fsp3) is 0.0769. The van der Waals surface area contributed by atoms with E-state index in [1.165, 1.54) is 16.7 Å². The van der Waals surface area contributed by atoms with Gasteiger partial charge >= 0.3 is 0 Å². The Kier molecular flexibility index (Phi) is 2.13. The maximum atomic E-state index is 2.20. The Morgan fingerprint density at radius 2 is 1.92 bits per heavy atom. The number of benzene rings is 1. The van der Waals surface area contributed by atoms with E-state index in [0.29, 0.717) is 0 Å². The van der Waals surface area contributed by atoms with Crippen LogP contribution in [0.25, 0.3) is 11.6 Å². The Labute approximate surface area is 78.9 Å². The quantitative estimate of drug-likeness (QED) is 0.591. The monoisotopic (exact) mass is 168 g/mol. The highest BCUT2D eigenvalue weighted by atomic mass is 14.1. The first-order valence-electron chi connectivity index (χ1n) is 4.52. The van der Waals surface area contributed by atoms with Gasteiger partial charge in [0.2, 0.25) is 0 Å². The summed E-state index contributed by atoms with van der Waals surface area (Å²) < 4.78 is 0. The van der Waals surface area contributed by atoms with Crippen LogP contribution in [0.15, 0.2) is 48.6 Å². The number of fused-ring (bicyclic) bond motifs is 1. The topological polar surface area (TPSA) is 0 Å². The number of hydrogen-bond donors (Lipinski definition) is 0. The summed E-state index contributed by atoms with van der Waals surface area (Å²) in [6.45, 7) is 2.02. The van der Waals surface area contributed by atoms with Crippen molar-refractivity contribution < 1.29 is 0 Å². The molecule has 0 atom stereocenters. The van der Waals surface area contributed by atoms with Gasteiger partial charge in [-0.3, -0.25) is 0 Å². The molecule has 0 aliphatic heterocycles. The Balaban J connectivity index is 2.16. The fourth-order valence-corrected chi connectivity index (χ4v) is 1.46. The molecule has 1 aromatic rings. The van der Waals surface area contributed by atoms with Crippen molar-refractivity contribution in [1.82, 2.24) is 0 Å². The molecule has 0 amide bonds. The molecule has 0 bridgehead atoms. The summed E-state index contributed by atoms with van der Waals surface area (Å²) in [4.78, 5) is 0. The third kappa shape index (κ3) is 1.48. The van der Waals surface area contributed by atoms with E-state index in [1.807, 2.05) is 19.1 Å². The first-order chi connectivity index (χ1) is 6.42. The molecule has 0 heteroatoms. The minimum Gasteiger partial charge on any atom is -0.0877 e. The van der Waals surface area contributed by atoms with Crippen molar-refractivity contribution in [3.63, 3.8) is 0 Å². The molecule has 0 saturated carbocycles. The molecular formula is C13H12. The van der Waals surface area contributed by atoms with Crippen molar-refractivity contribution in [3.8, 4) is 0 Å². The molecule has 0 N–H and O–H groups in total. The molecular weight excluding hydrogens is 156 g/mol. The van der Waals surface area contributed by atoms with E-state index in [4.69, 9.17) is 0 Å². The zero-order valence-electron chi connectivity index (χ0n) is 7.70. The molecule has 1 aliphatic carbocycles. The van der Waals surface area contributed by atoms with Gasteiger partial charge in [0.25, 0.3) is 0 Å². The van der Waals surface area contributed by atoms with Crippen LogP contribution in [0.2, 0.25) is 0 Å². The van der Waals surface area contributed by atoms with Crippen molar-refractivity contribution in [2.45, 2.75) is 6.92 Å². The lowest BCUT2D eigenvalue weighted by molar-refractivity contribution is 1.53. The second-order valence-electron chi connectivity index (χ2n) is 3.07. The van der Waals surface area contributed by atoms with Gasteiger partial charge in [-0.2, -0.15) is 0 Å². The Morgan fingerprint density at radius 3 is 2.69 bits per heavy atom. The van der Waals surface area contributed by atoms with Crippen LogP contribution in [0.1, 0.15) is 18.1 Å². The molecule has 0 nitrogen and oxygen atoms in total. The molecule has 1 aliphatic rings. The number of allylic oxidation sites excluding steroid dienone is 5. The van der Waals surface area contributed by atoms with Gasteiger partial charge in [0.05, 0.1) is 0 Å². The molecule has 1 aromatic carbocycles. The molecule has 0 saturated heterocycles. The van der Waals surface area contributed by atoms with E-state index in [0.717, 1.165) is 0 Å². The van der Waals surface area contributed by atoms with E-state index in [-0.39, 0.29) is 0 Å². The average Bonchev–Trinajstić information content (AvgIpc) is 2.13. The third-order valence-electron chi connectivity index (χ3n) is 2.16. The van der Waals surface area contributed by atoms with Crippen LogP contribution in [0.4, 0.5) is 0 Å². The summed E-state index contributed by atoms with van der Waals surface area (Å²) in [6, 6.07) is 8.45. The van der Waals surface area contributed by atoms with Crippen molar-refractivity contribution in [2.75, 3.05) is 0 Å². The van der Waals surface area contributed by atoms with Crippen molar-refractivity contribution in [2.24, 2.45) is 0 Å². The fourth-order valence-electron chi connectivity index (χ4n) is 1.46. The van der Waals surface area contributed by atoms with Crippen LogP contribution in [-0.2, 0) is 0 Å². The lowest BCUT2D eigenvalue weighted by atomic mass is 9.88. The van der Waals surface area contributed by atoms with Crippen molar-refractivity contribution in [3.05, 3.63) is 59.7 Å². The largest absolute Gasteiger partial charge is 0.0877 e. The SMILES string of the molecule is C/C=C\C=C/C1=Cc2ccccc21. The van der Waals surface area contributed by atoms with E-state index >= 15 is 0 Å².